The lowest BCUT2D eigenvalue weighted by atomic mass is 10.3. The number of aliphatic carboxylic acids is 1. The summed E-state index contributed by atoms with van der Waals surface area (Å²) in [7, 11) is 0. The van der Waals surface area contributed by atoms with Gasteiger partial charge in [0.1, 0.15) is 11.0 Å². The van der Waals surface area contributed by atoms with Crippen LogP contribution in [0.2, 0.25) is 0 Å². The first-order chi connectivity index (χ1) is 9.45. The molecule has 20 heavy (non-hydrogen) atoms. The highest BCUT2D eigenvalue weighted by Gasteiger charge is 2.15. The molecular weight excluding hydrogens is 364 g/mol. The summed E-state index contributed by atoms with van der Waals surface area (Å²) in [6.07, 6.45) is 0.0840. The van der Waals surface area contributed by atoms with Crippen molar-refractivity contribution < 1.29 is 14.7 Å². The van der Waals surface area contributed by atoms with E-state index >= 15 is 0 Å². The van der Waals surface area contributed by atoms with Crippen molar-refractivity contribution in [1.82, 2.24) is 10.3 Å². The molecule has 2 N–H and O–H groups in total. The lowest BCUT2D eigenvalue weighted by molar-refractivity contribution is -0.141. The van der Waals surface area contributed by atoms with Crippen molar-refractivity contribution in [3.63, 3.8) is 0 Å². The lowest BCUT2D eigenvalue weighted by Crippen LogP contribution is -2.39. The maximum absolute atomic E-state index is 11.7. The topological polar surface area (TPSA) is 79.3 Å². The molecule has 0 fully saturated rings. The van der Waals surface area contributed by atoms with Crippen molar-refractivity contribution in [2.75, 3.05) is 0 Å². The predicted molar refractivity (Wildman–Crippen MR) is 82.1 cm³/mol. The van der Waals surface area contributed by atoms with Gasteiger partial charge < -0.3 is 10.4 Å². The number of carbonyl (C=O) groups excluding carboxylic acids is 1. The van der Waals surface area contributed by atoms with E-state index in [2.05, 4.69) is 26.2 Å². The molecule has 2 aromatic rings. The minimum atomic E-state index is -1.05. The number of nitrogens with zero attached hydrogens (tertiary/aromatic N) is 1. The molecule has 5 nitrogen and oxygen atoms in total. The van der Waals surface area contributed by atoms with Gasteiger partial charge in [0.25, 0.3) is 0 Å². The molecule has 0 spiro atoms. The molecule has 106 valence electrons. The Morgan fingerprint density at radius 2 is 2.20 bits per heavy atom. The molecule has 2 rings (SSSR count). The summed E-state index contributed by atoms with van der Waals surface area (Å²) in [6.45, 7) is 1.43. The van der Waals surface area contributed by atoms with Crippen molar-refractivity contribution in [3.05, 3.63) is 27.0 Å². The molecule has 1 amide bonds. The van der Waals surface area contributed by atoms with Crippen molar-refractivity contribution in [3.8, 4) is 9.88 Å². The Labute approximate surface area is 131 Å². The average molecular weight is 375 g/mol. The molecular formula is C12H11BrN2O3S2. The first-order valence-electron chi connectivity index (χ1n) is 5.66. The maximum atomic E-state index is 11.7. The highest BCUT2D eigenvalue weighted by atomic mass is 79.9. The van der Waals surface area contributed by atoms with E-state index in [-0.39, 0.29) is 12.3 Å². The third-order valence-corrected chi connectivity index (χ3v) is 5.17. The molecule has 0 bridgehead atoms. The van der Waals surface area contributed by atoms with Gasteiger partial charge in [-0.15, -0.1) is 22.7 Å². The number of hydrogen-bond donors (Lipinski definition) is 2. The molecule has 1 unspecified atom stereocenters. The number of halogens is 1. The first kappa shape index (κ1) is 15.1. The Bertz CT molecular complexity index is 638. The SMILES string of the molecule is CC(NC(=O)Cc1csc(-c2cc(Br)cs2)n1)C(=O)O. The minimum absolute atomic E-state index is 0.0840. The van der Waals surface area contributed by atoms with Crippen molar-refractivity contribution in [2.45, 2.75) is 19.4 Å². The van der Waals surface area contributed by atoms with Gasteiger partial charge in [0.2, 0.25) is 5.91 Å². The fourth-order valence-corrected chi connectivity index (χ4v) is 3.77. The molecule has 2 aromatic heterocycles. The van der Waals surface area contributed by atoms with Crippen LogP contribution in [0.25, 0.3) is 9.88 Å². The van der Waals surface area contributed by atoms with Crippen LogP contribution in [0.15, 0.2) is 21.3 Å². The largest absolute Gasteiger partial charge is 0.480 e. The fourth-order valence-electron chi connectivity index (χ4n) is 1.45. The average Bonchev–Trinajstić information content (AvgIpc) is 2.97. The highest BCUT2D eigenvalue weighted by Crippen LogP contribution is 2.31. The van der Waals surface area contributed by atoms with E-state index in [4.69, 9.17) is 5.11 Å². The van der Waals surface area contributed by atoms with Crippen molar-refractivity contribution in [1.29, 1.82) is 0 Å². The van der Waals surface area contributed by atoms with Crippen LogP contribution in [0.4, 0.5) is 0 Å². The Morgan fingerprint density at radius 3 is 2.80 bits per heavy atom. The molecule has 2 heterocycles. The maximum Gasteiger partial charge on any atom is 0.325 e. The molecule has 0 aliphatic heterocycles. The molecule has 0 saturated heterocycles. The van der Waals surface area contributed by atoms with Crippen LogP contribution in [-0.4, -0.2) is 28.0 Å². The van der Waals surface area contributed by atoms with E-state index in [1.54, 1.807) is 11.3 Å². The van der Waals surface area contributed by atoms with Crippen LogP contribution >= 0.6 is 38.6 Å². The Morgan fingerprint density at radius 1 is 1.45 bits per heavy atom. The van der Waals surface area contributed by atoms with E-state index in [1.807, 2.05) is 16.8 Å². The third kappa shape index (κ3) is 3.87. The van der Waals surface area contributed by atoms with Crippen molar-refractivity contribution >= 4 is 50.5 Å². The van der Waals surface area contributed by atoms with Gasteiger partial charge in [0, 0.05) is 15.2 Å². The van der Waals surface area contributed by atoms with Crippen LogP contribution < -0.4 is 5.32 Å². The number of nitrogens with one attached hydrogen (secondary N) is 1. The number of carbonyl (C=O) groups is 2. The number of thiophene rings is 1. The molecule has 0 aromatic carbocycles. The zero-order valence-electron chi connectivity index (χ0n) is 10.4. The van der Waals surface area contributed by atoms with Gasteiger partial charge in [0.05, 0.1) is 17.0 Å². The zero-order valence-corrected chi connectivity index (χ0v) is 13.6. The zero-order chi connectivity index (χ0) is 14.7. The number of amides is 1. The summed E-state index contributed by atoms with van der Waals surface area (Å²) >= 11 is 6.42. The molecule has 0 aliphatic carbocycles. The summed E-state index contributed by atoms with van der Waals surface area (Å²) in [5.74, 6) is -1.40. The van der Waals surface area contributed by atoms with Gasteiger partial charge in [-0.25, -0.2) is 4.98 Å². The second-order valence-electron chi connectivity index (χ2n) is 4.08. The number of hydrogen-bond acceptors (Lipinski definition) is 5. The number of carboxylic acids is 1. The predicted octanol–water partition coefficient (Wildman–Crippen LogP) is 2.77. The Kier molecular flexibility index (Phi) is 4.90. The molecule has 0 saturated carbocycles. The van der Waals surface area contributed by atoms with Crippen LogP contribution in [0.3, 0.4) is 0 Å². The van der Waals surface area contributed by atoms with Gasteiger partial charge in [-0.2, -0.15) is 0 Å². The van der Waals surface area contributed by atoms with Gasteiger partial charge in [-0.1, -0.05) is 0 Å². The van der Waals surface area contributed by atoms with E-state index < -0.39 is 12.0 Å². The van der Waals surface area contributed by atoms with Gasteiger partial charge in [-0.05, 0) is 28.9 Å². The fraction of sp³-hybridized carbons (Fsp3) is 0.250. The smallest absolute Gasteiger partial charge is 0.325 e. The molecule has 0 radical (unpaired) electrons. The number of carboxylic acid groups (broad SMARTS) is 1. The molecule has 8 heteroatoms. The van der Waals surface area contributed by atoms with Crippen LogP contribution in [-0.2, 0) is 16.0 Å². The summed E-state index contributed by atoms with van der Waals surface area (Å²) in [6, 6.07) is 1.08. The summed E-state index contributed by atoms with van der Waals surface area (Å²) in [5.41, 5.74) is 0.643. The summed E-state index contributed by atoms with van der Waals surface area (Å²) < 4.78 is 1.00. The minimum Gasteiger partial charge on any atom is -0.480 e. The first-order valence-corrected chi connectivity index (χ1v) is 8.22. The van der Waals surface area contributed by atoms with Crippen LogP contribution in [0, 0.1) is 0 Å². The number of thiazole rings is 1. The van der Waals surface area contributed by atoms with E-state index in [0.29, 0.717) is 5.69 Å². The second-order valence-corrected chi connectivity index (χ2v) is 6.76. The van der Waals surface area contributed by atoms with E-state index in [1.165, 1.54) is 18.3 Å². The second kappa shape index (κ2) is 6.47. The quantitative estimate of drug-likeness (QED) is 0.842. The van der Waals surface area contributed by atoms with Gasteiger partial charge >= 0.3 is 5.97 Å². The van der Waals surface area contributed by atoms with Gasteiger partial charge in [0.15, 0.2) is 0 Å². The monoisotopic (exact) mass is 374 g/mol. The van der Waals surface area contributed by atoms with E-state index in [9.17, 15) is 9.59 Å². The number of aromatic nitrogens is 1. The third-order valence-electron chi connectivity index (χ3n) is 2.42. The Hall–Kier alpha value is -1.25. The van der Waals surface area contributed by atoms with Crippen LogP contribution in [0.1, 0.15) is 12.6 Å². The Balaban J connectivity index is 1.99. The normalized spacial score (nSPS) is 12.1. The van der Waals surface area contributed by atoms with E-state index in [0.717, 1.165) is 14.4 Å². The standard InChI is InChI=1S/C12H11BrN2O3S2/c1-6(12(17)18)14-10(16)3-8-5-20-11(15-8)9-2-7(13)4-19-9/h2,4-6H,3H2,1H3,(H,14,16)(H,17,18). The lowest BCUT2D eigenvalue weighted by Gasteiger charge is -2.07. The summed E-state index contributed by atoms with van der Waals surface area (Å²) in [4.78, 5) is 27.7. The van der Waals surface area contributed by atoms with Gasteiger partial charge in [-0.3, -0.25) is 9.59 Å². The highest BCUT2D eigenvalue weighted by molar-refractivity contribution is 9.10. The van der Waals surface area contributed by atoms with Crippen LogP contribution in [0.5, 0.6) is 0 Å². The number of rotatable bonds is 5. The molecule has 0 aliphatic rings. The molecule has 1 atom stereocenters. The summed E-state index contributed by atoms with van der Waals surface area (Å²) in [5, 5.41) is 15.8. The van der Waals surface area contributed by atoms with Crippen molar-refractivity contribution in [2.24, 2.45) is 0 Å².